The zero-order valence-corrected chi connectivity index (χ0v) is 21.6. The smallest absolute Gasteiger partial charge is 0.350 e. The highest BCUT2D eigenvalue weighted by molar-refractivity contribution is 7.12. The third kappa shape index (κ3) is 7.27. The maximum atomic E-state index is 12.3. The van der Waals surface area contributed by atoms with Crippen molar-refractivity contribution in [1.82, 2.24) is 5.32 Å². The molecule has 0 aliphatic heterocycles. The Morgan fingerprint density at radius 2 is 1.86 bits per heavy atom. The molecular formula is C27H37FN2O4S. The maximum absolute atomic E-state index is 12.3. The minimum Gasteiger partial charge on any atom is -0.387 e. The Morgan fingerprint density at radius 1 is 1.17 bits per heavy atom. The Labute approximate surface area is 211 Å². The third-order valence-electron chi connectivity index (χ3n) is 6.73. The molecule has 1 aromatic heterocycles. The van der Waals surface area contributed by atoms with Crippen molar-refractivity contribution in [3.8, 4) is 0 Å². The summed E-state index contributed by atoms with van der Waals surface area (Å²) in [5.41, 5.74) is 2.67. The fourth-order valence-electron chi connectivity index (χ4n) is 4.71. The van der Waals surface area contributed by atoms with E-state index in [1.807, 2.05) is 26.0 Å². The van der Waals surface area contributed by atoms with E-state index in [0.29, 0.717) is 11.5 Å². The number of hydrogen-bond donors (Lipinski definition) is 3. The molecule has 8 heteroatoms. The topological polar surface area (TPSA) is 87.7 Å². The molecule has 2 atom stereocenters. The van der Waals surface area contributed by atoms with Gasteiger partial charge in [-0.3, -0.25) is 9.74 Å². The van der Waals surface area contributed by atoms with E-state index in [0.717, 1.165) is 17.0 Å². The van der Waals surface area contributed by atoms with Crippen molar-refractivity contribution in [2.24, 2.45) is 11.8 Å². The van der Waals surface area contributed by atoms with E-state index >= 15 is 0 Å². The summed E-state index contributed by atoms with van der Waals surface area (Å²) in [5.74, 6) is -0.674. The summed E-state index contributed by atoms with van der Waals surface area (Å²) in [5, 5.41) is 17.0. The number of aryl methyl sites for hydroxylation is 1. The quantitative estimate of drug-likeness (QED) is 0.335. The lowest BCUT2D eigenvalue weighted by atomic mass is 9.80. The molecular weight excluding hydrogens is 467 g/mol. The van der Waals surface area contributed by atoms with E-state index in [9.17, 15) is 19.2 Å². The van der Waals surface area contributed by atoms with Crippen LogP contribution in [0.25, 0.3) is 0 Å². The average Bonchev–Trinajstić information content (AvgIpc) is 3.31. The number of aliphatic hydroxyl groups is 1. The second-order valence-electron chi connectivity index (χ2n) is 9.62. The Hall–Kier alpha value is -2.45. The predicted molar refractivity (Wildman–Crippen MR) is 137 cm³/mol. The SMILES string of the molecule is CCc1sc(C(O)C(C)C)cc1C(Nc1ccc(C(=O)NCCC(=O)OF)cc1)C1CCCCC1. The lowest BCUT2D eigenvalue weighted by Gasteiger charge is -2.32. The number of amides is 1. The normalized spacial score (nSPS) is 16.1. The Bertz CT molecular complexity index is 970. The summed E-state index contributed by atoms with van der Waals surface area (Å²) in [6.07, 6.45) is 6.30. The first-order valence-corrected chi connectivity index (χ1v) is 13.4. The molecule has 0 spiro atoms. The highest BCUT2D eigenvalue weighted by atomic mass is 32.1. The van der Waals surface area contributed by atoms with Crippen LogP contribution >= 0.6 is 11.3 Å². The van der Waals surface area contributed by atoms with E-state index in [-0.39, 0.29) is 30.8 Å². The number of nitrogens with one attached hydrogen (secondary N) is 2. The number of rotatable bonds is 11. The van der Waals surface area contributed by atoms with Gasteiger partial charge < -0.3 is 15.7 Å². The molecule has 1 aliphatic rings. The number of carbonyl (C=O) groups excluding carboxylic acids is 2. The number of anilines is 1. The van der Waals surface area contributed by atoms with Gasteiger partial charge in [-0.25, -0.2) is 4.79 Å². The molecule has 3 N–H and O–H groups in total. The zero-order valence-electron chi connectivity index (χ0n) is 20.8. The van der Waals surface area contributed by atoms with Crippen molar-refractivity contribution >= 4 is 28.9 Å². The highest BCUT2D eigenvalue weighted by Gasteiger charge is 2.29. The lowest BCUT2D eigenvalue weighted by molar-refractivity contribution is -0.183. The number of hydrogen-bond acceptors (Lipinski definition) is 6. The van der Waals surface area contributed by atoms with Gasteiger partial charge in [-0.15, -0.1) is 11.3 Å². The Kier molecular flexibility index (Phi) is 10.1. The fourth-order valence-corrected chi connectivity index (χ4v) is 6.02. The van der Waals surface area contributed by atoms with Crippen molar-refractivity contribution in [2.75, 3.05) is 11.9 Å². The molecule has 192 valence electrons. The van der Waals surface area contributed by atoms with Gasteiger partial charge in [0, 0.05) is 32.1 Å². The molecule has 1 aromatic carbocycles. The van der Waals surface area contributed by atoms with Crippen molar-refractivity contribution in [2.45, 2.75) is 77.9 Å². The van der Waals surface area contributed by atoms with Crippen LogP contribution in [0.5, 0.6) is 0 Å². The Balaban J connectivity index is 1.78. The molecule has 1 aliphatic carbocycles. The van der Waals surface area contributed by atoms with Gasteiger partial charge in [0.15, 0.2) is 0 Å². The first kappa shape index (κ1) is 27.1. The van der Waals surface area contributed by atoms with Gasteiger partial charge in [-0.1, -0.05) is 40.0 Å². The van der Waals surface area contributed by atoms with Crippen LogP contribution in [0.3, 0.4) is 0 Å². The maximum Gasteiger partial charge on any atom is 0.350 e. The van der Waals surface area contributed by atoms with E-state index in [1.54, 1.807) is 23.5 Å². The van der Waals surface area contributed by atoms with Crippen molar-refractivity contribution in [1.29, 1.82) is 0 Å². The molecule has 1 saturated carbocycles. The van der Waals surface area contributed by atoms with Crippen LogP contribution in [-0.2, 0) is 16.2 Å². The first-order valence-electron chi connectivity index (χ1n) is 12.6. The van der Waals surface area contributed by atoms with E-state index in [1.165, 1.54) is 42.5 Å². The van der Waals surface area contributed by atoms with Gasteiger partial charge in [0.2, 0.25) is 0 Å². The van der Waals surface area contributed by atoms with Gasteiger partial charge >= 0.3 is 5.97 Å². The third-order valence-corrected chi connectivity index (χ3v) is 8.10. The summed E-state index contributed by atoms with van der Waals surface area (Å²) in [7, 11) is 0. The van der Waals surface area contributed by atoms with Gasteiger partial charge in [-0.05, 0) is 67.0 Å². The summed E-state index contributed by atoms with van der Waals surface area (Å²) < 4.78 is 11.8. The van der Waals surface area contributed by atoms with Crippen molar-refractivity contribution < 1.29 is 24.2 Å². The number of benzene rings is 1. The number of aliphatic hydroxyl groups excluding tert-OH is 1. The summed E-state index contributed by atoms with van der Waals surface area (Å²) >= 11 is 1.72. The largest absolute Gasteiger partial charge is 0.387 e. The second kappa shape index (κ2) is 13.0. The van der Waals surface area contributed by atoms with Crippen LogP contribution in [0.2, 0.25) is 0 Å². The minimum atomic E-state index is -1.01. The monoisotopic (exact) mass is 504 g/mol. The van der Waals surface area contributed by atoms with Crippen LogP contribution in [0.4, 0.5) is 10.2 Å². The molecule has 0 radical (unpaired) electrons. The zero-order chi connectivity index (χ0) is 25.4. The average molecular weight is 505 g/mol. The van der Waals surface area contributed by atoms with Gasteiger partial charge in [-0.2, -0.15) is 0 Å². The molecule has 35 heavy (non-hydrogen) atoms. The number of halogens is 1. The summed E-state index contributed by atoms with van der Waals surface area (Å²) in [6, 6.07) is 9.60. The molecule has 2 unspecified atom stereocenters. The van der Waals surface area contributed by atoms with Gasteiger partial charge in [0.05, 0.1) is 18.6 Å². The van der Waals surface area contributed by atoms with Crippen LogP contribution in [-0.4, -0.2) is 23.5 Å². The molecule has 2 aromatic rings. The molecule has 1 amide bonds. The van der Waals surface area contributed by atoms with E-state index in [2.05, 4.69) is 28.6 Å². The summed E-state index contributed by atoms with van der Waals surface area (Å²) in [6.45, 7) is 6.25. The predicted octanol–water partition coefficient (Wildman–Crippen LogP) is 6.28. The highest BCUT2D eigenvalue weighted by Crippen LogP contribution is 2.42. The van der Waals surface area contributed by atoms with Crippen molar-refractivity contribution in [3.63, 3.8) is 0 Å². The van der Waals surface area contributed by atoms with Crippen LogP contribution < -0.4 is 10.6 Å². The van der Waals surface area contributed by atoms with Crippen LogP contribution in [0.15, 0.2) is 30.3 Å². The standard InChI is InChI=1S/C27H37FN2O4S/c1-4-22-21(16-23(35-22)26(32)17(2)3)25(18-8-6-5-7-9-18)30-20-12-10-19(11-13-20)27(33)29-15-14-24(31)34-28/h10-13,16-18,25-26,30,32H,4-9,14-15H2,1-3H3,(H,29,33). The van der Waals surface area contributed by atoms with E-state index < -0.39 is 12.1 Å². The van der Waals surface area contributed by atoms with Crippen LogP contribution in [0.1, 0.15) is 97.1 Å². The Morgan fingerprint density at radius 3 is 2.46 bits per heavy atom. The van der Waals surface area contributed by atoms with Crippen molar-refractivity contribution in [3.05, 3.63) is 51.2 Å². The molecule has 0 saturated heterocycles. The molecule has 1 heterocycles. The fraction of sp³-hybridized carbons (Fsp3) is 0.556. The number of carbonyl (C=O) groups is 2. The van der Waals surface area contributed by atoms with E-state index in [4.69, 9.17) is 0 Å². The van der Waals surface area contributed by atoms with Crippen LogP contribution in [0, 0.1) is 11.8 Å². The first-order chi connectivity index (χ1) is 16.8. The number of thiophene rings is 1. The molecule has 1 fully saturated rings. The molecule has 0 bridgehead atoms. The molecule has 3 rings (SSSR count). The van der Waals surface area contributed by atoms with Gasteiger partial charge in [0.1, 0.15) is 0 Å². The van der Waals surface area contributed by atoms with Gasteiger partial charge in [0.25, 0.3) is 5.91 Å². The lowest BCUT2D eigenvalue weighted by Crippen LogP contribution is -2.26. The minimum absolute atomic E-state index is 0.00779. The summed E-state index contributed by atoms with van der Waals surface area (Å²) in [4.78, 5) is 28.6. The second-order valence-corrected chi connectivity index (χ2v) is 10.8. The molecule has 6 nitrogen and oxygen atoms in total.